The van der Waals surface area contributed by atoms with Crippen molar-refractivity contribution >= 4 is 17.6 Å². The van der Waals surface area contributed by atoms with Crippen LogP contribution in [0.2, 0.25) is 5.02 Å². The molecule has 3 rings (SSSR count). The standard InChI is InChI=1S/C17H17ClN2O2/c18-14-6-3-4-12(8-14)10-19-17(21)20-15-9-13-5-1-2-7-16(13)22-11-15/h1-8,15H,9-11H2,(H2,19,20,21)/t15-/m0/s1. The molecule has 4 nitrogen and oxygen atoms in total. The van der Waals surface area contributed by atoms with Crippen molar-refractivity contribution in [3.05, 3.63) is 64.7 Å². The van der Waals surface area contributed by atoms with Crippen molar-refractivity contribution in [2.75, 3.05) is 6.61 Å². The minimum Gasteiger partial charge on any atom is -0.491 e. The summed E-state index contributed by atoms with van der Waals surface area (Å²) in [7, 11) is 0. The molecule has 0 unspecified atom stereocenters. The summed E-state index contributed by atoms with van der Waals surface area (Å²) < 4.78 is 5.66. The fraction of sp³-hybridized carbons (Fsp3) is 0.235. The summed E-state index contributed by atoms with van der Waals surface area (Å²) in [5.41, 5.74) is 2.08. The third-order valence-electron chi connectivity index (χ3n) is 3.56. The van der Waals surface area contributed by atoms with Crippen LogP contribution in [0.25, 0.3) is 0 Å². The number of fused-ring (bicyclic) bond motifs is 1. The van der Waals surface area contributed by atoms with Gasteiger partial charge >= 0.3 is 6.03 Å². The van der Waals surface area contributed by atoms with E-state index in [1.165, 1.54) is 0 Å². The topological polar surface area (TPSA) is 50.4 Å². The van der Waals surface area contributed by atoms with E-state index in [9.17, 15) is 4.79 Å². The Bertz CT molecular complexity index is 675. The Morgan fingerprint density at radius 1 is 1.23 bits per heavy atom. The van der Waals surface area contributed by atoms with Crippen LogP contribution in [-0.2, 0) is 13.0 Å². The fourth-order valence-corrected chi connectivity index (χ4v) is 2.70. The van der Waals surface area contributed by atoms with Gasteiger partial charge in [0.25, 0.3) is 0 Å². The van der Waals surface area contributed by atoms with Gasteiger partial charge in [-0.15, -0.1) is 0 Å². The molecule has 2 N–H and O–H groups in total. The van der Waals surface area contributed by atoms with E-state index in [4.69, 9.17) is 16.3 Å². The zero-order valence-corrected chi connectivity index (χ0v) is 12.8. The normalized spacial score (nSPS) is 16.3. The van der Waals surface area contributed by atoms with Crippen molar-refractivity contribution in [3.63, 3.8) is 0 Å². The molecule has 1 aliphatic heterocycles. The first kappa shape index (κ1) is 14.7. The highest BCUT2D eigenvalue weighted by Crippen LogP contribution is 2.23. The number of para-hydroxylation sites is 1. The van der Waals surface area contributed by atoms with Crippen LogP contribution in [0.5, 0.6) is 5.75 Å². The zero-order valence-electron chi connectivity index (χ0n) is 12.0. The van der Waals surface area contributed by atoms with E-state index in [1.807, 2.05) is 48.5 Å². The third-order valence-corrected chi connectivity index (χ3v) is 3.79. The molecule has 2 amide bonds. The summed E-state index contributed by atoms with van der Waals surface area (Å²) >= 11 is 5.92. The Morgan fingerprint density at radius 3 is 2.95 bits per heavy atom. The van der Waals surface area contributed by atoms with Crippen molar-refractivity contribution in [1.29, 1.82) is 0 Å². The SMILES string of the molecule is O=C(NCc1cccc(Cl)c1)N[C@@H]1COc2ccccc2C1. The van der Waals surface area contributed by atoms with Gasteiger partial charge in [-0.3, -0.25) is 0 Å². The number of halogens is 1. The molecule has 2 aromatic carbocycles. The molecule has 1 aliphatic rings. The average molecular weight is 317 g/mol. The smallest absolute Gasteiger partial charge is 0.315 e. The first-order valence-electron chi connectivity index (χ1n) is 7.20. The molecule has 0 spiro atoms. The summed E-state index contributed by atoms with van der Waals surface area (Å²) in [6, 6.07) is 15.1. The summed E-state index contributed by atoms with van der Waals surface area (Å²) in [5.74, 6) is 0.903. The van der Waals surface area contributed by atoms with Crippen LogP contribution in [-0.4, -0.2) is 18.7 Å². The maximum Gasteiger partial charge on any atom is 0.315 e. The van der Waals surface area contributed by atoms with Gasteiger partial charge < -0.3 is 15.4 Å². The molecule has 0 saturated carbocycles. The van der Waals surface area contributed by atoms with Crippen LogP contribution in [0.1, 0.15) is 11.1 Å². The molecule has 0 bridgehead atoms. The Balaban J connectivity index is 1.50. The lowest BCUT2D eigenvalue weighted by Gasteiger charge is -2.26. The number of rotatable bonds is 3. The van der Waals surface area contributed by atoms with Crippen LogP contribution < -0.4 is 15.4 Å². The lowest BCUT2D eigenvalue weighted by Crippen LogP contribution is -2.47. The molecule has 5 heteroatoms. The minimum absolute atomic E-state index is 0.0192. The van der Waals surface area contributed by atoms with Gasteiger partial charge in [0.1, 0.15) is 12.4 Å². The van der Waals surface area contributed by atoms with E-state index >= 15 is 0 Å². The minimum atomic E-state index is -0.201. The van der Waals surface area contributed by atoms with Crippen molar-refractivity contribution in [1.82, 2.24) is 10.6 Å². The van der Waals surface area contributed by atoms with E-state index < -0.39 is 0 Å². The number of urea groups is 1. The zero-order chi connectivity index (χ0) is 15.4. The summed E-state index contributed by atoms with van der Waals surface area (Å²) in [4.78, 5) is 12.0. The van der Waals surface area contributed by atoms with Gasteiger partial charge in [-0.05, 0) is 35.7 Å². The number of carbonyl (C=O) groups excluding carboxylic acids is 1. The molecule has 0 radical (unpaired) electrons. The van der Waals surface area contributed by atoms with E-state index in [1.54, 1.807) is 0 Å². The molecule has 0 aliphatic carbocycles. The molecule has 2 aromatic rings. The highest BCUT2D eigenvalue weighted by molar-refractivity contribution is 6.30. The predicted octanol–water partition coefficient (Wildman–Crippen LogP) is 3.14. The number of nitrogens with one attached hydrogen (secondary N) is 2. The van der Waals surface area contributed by atoms with Gasteiger partial charge in [-0.1, -0.05) is 41.9 Å². The van der Waals surface area contributed by atoms with Crippen LogP contribution in [0.15, 0.2) is 48.5 Å². The lowest BCUT2D eigenvalue weighted by atomic mass is 10.0. The number of benzene rings is 2. The van der Waals surface area contributed by atoms with Gasteiger partial charge in [0.05, 0.1) is 6.04 Å². The van der Waals surface area contributed by atoms with E-state index in [-0.39, 0.29) is 12.1 Å². The monoisotopic (exact) mass is 316 g/mol. The molecule has 114 valence electrons. The maximum absolute atomic E-state index is 12.0. The first-order chi connectivity index (χ1) is 10.7. The Morgan fingerprint density at radius 2 is 2.09 bits per heavy atom. The number of hydrogen-bond acceptors (Lipinski definition) is 2. The van der Waals surface area contributed by atoms with Crippen LogP contribution >= 0.6 is 11.6 Å². The largest absolute Gasteiger partial charge is 0.491 e. The maximum atomic E-state index is 12.0. The van der Waals surface area contributed by atoms with E-state index in [0.717, 1.165) is 23.3 Å². The molecule has 0 saturated heterocycles. The number of ether oxygens (including phenoxy) is 1. The molecular formula is C17H17ClN2O2. The summed E-state index contributed by atoms with van der Waals surface area (Å²) in [6.45, 7) is 0.929. The van der Waals surface area contributed by atoms with Gasteiger partial charge in [0, 0.05) is 11.6 Å². The van der Waals surface area contributed by atoms with Gasteiger partial charge in [-0.25, -0.2) is 4.79 Å². The van der Waals surface area contributed by atoms with E-state index in [2.05, 4.69) is 10.6 Å². The Labute approximate surface area is 134 Å². The van der Waals surface area contributed by atoms with Crippen molar-refractivity contribution in [2.45, 2.75) is 19.0 Å². The average Bonchev–Trinajstić information content (AvgIpc) is 2.53. The van der Waals surface area contributed by atoms with Gasteiger partial charge in [0.15, 0.2) is 0 Å². The lowest BCUT2D eigenvalue weighted by molar-refractivity contribution is 0.214. The van der Waals surface area contributed by atoms with Crippen LogP contribution in [0.3, 0.4) is 0 Å². The Kier molecular flexibility index (Phi) is 4.49. The molecule has 1 heterocycles. The van der Waals surface area contributed by atoms with Crippen molar-refractivity contribution in [2.24, 2.45) is 0 Å². The number of amides is 2. The second-order valence-electron chi connectivity index (χ2n) is 5.28. The second kappa shape index (κ2) is 6.71. The molecule has 0 fully saturated rings. The molecule has 22 heavy (non-hydrogen) atoms. The van der Waals surface area contributed by atoms with Crippen molar-refractivity contribution in [3.8, 4) is 5.75 Å². The summed E-state index contributed by atoms with van der Waals surface area (Å²) in [5, 5.41) is 6.43. The number of carbonyl (C=O) groups is 1. The van der Waals surface area contributed by atoms with Gasteiger partial charge in [0.2, 0.25) is 0 Å². The number of hydrogen-bond donors (Lipinski definition) is 2. The molecule has 1 atom stereocenters. The quantitative estimate of drug-likeness (QED) is 0.914. The summed E-state index contributed by atoms with van der Waals surface area (Å²) in [6.07, 6.45) is 0.779. The fourth-order valence-electron chi connectivity index (χ4n) is 2.49. The third kappa shape index (κ3) is 3.71. The van der Waals surface area contributed by atoms with E-state index in [0.29, 0.717) is 18.2 Å². The first-order valence-corrected chi connectivity index (χ1v) is 7.58. The Hall–Kier alpha value is -2.20. The molecule has 0 aromatic heterocycles. The molecular weight excluding hydrogens is 300 g/mol. The van der Waals surface area contributed by atoms with Gasteiger partial charge in [-0.2, -0.15) is 0 Å². The van der Waals surface area contributed by atoms with Crippen LogP contribution in [0.4, 0.5) is 4.79 Å². The van der Waals surface area contributed by atoms with Crippen LogP contribution in [0, 0.1) is 0 Å². The predicted molar refractivity (Wildman–Crippen MR) is 86.3 cm³/mol. The van der Waals surface area contributed by atoms with Crippen molar-refractivity contribution < 1.29 is 9.53 Å². The second-order valence-corrected chi connectivity index (χ2v) is 5.71. The highest BCUT2D eigenvalue weighted by Gasteiger charge is 2.20. The highest BCUT2D eigenvalue weighted by atomic mass is 35.5.